The average Bonchev–Trinajstić information content (AvgIpc) is 2.50. The summed E-state index contributed by atoms with van der Waals surface area (Å²) in [5.41, 5.74) is 0.722. The molecule has 4 unspecified atom stereocenters. The number of hydrogen-bond donors (Lipinski definition) is 1. The summed E-state index contributed by atoms with van der Waals surface area (Å²) < 4.78 is 0. The highest BCUT2D eigenvalue weighted by molar-refractivity contribution is 5.19. The van der Waals surface area contributed by atoms with Crippen molar-refractivity contribution in [3.8, 4) is 0 Å². The van der Waals surface area contributed by atoms with Gasteiger partial charge in [0.2, 0.25) is 0 Å². The van der Waals surface area contributed by atoms with Crippen molar-refractivity contribution in [1.82, 2.24) is 0 Å². The quantitative estimate of drug-likeness (QED) is 0.514. The van der Waals surface area contributed by atoms with Gasteiger partial charge in [-0.25, -0.2) is 0 Å². The molecular formula is C8H12O. The van der Waals surface area contributed by atoms with Crippen molar-refractivity contribution in [2.75, 3.05) is 0 Å². The summed E-state index contributed by atoms with van der Waals surface area (Å²) in [5.74, 6) is 1.69. The van der Waals surface area contributed by atoms with Crippen molar-refractivity contribution in [3.63, 3.8) is 0 Å². The molecule has 0 heterocycles. The molecule has 3 saturated carbocycles. The fraction of sp³-hybridized carbons (Fsp3) is 1.00. The summed E-state index contributed by atoms with van der Waals surface area (Å²) in [6.07, 6.45) is 5.42. The van der Waals surface area contributed by atoms with E-state index in [1.807, 2.05) is 0 Å². The molecule has 1 nitrogen and oxygen atoms in total. The number of aliphatic hydroxyl groups is 1. The van der Waals surface area contributed by atoms with Crippen molar-refractivity contribution < 1.29 is 5.11 Å². The van der Waals surface area contributed by atoms with Crippen molar-refractivity contribution in [2.45, 2.75) is 31.8 Å². The third-order valence-electron chi connectivity index (χ3n) is 3.94. The van der Waals surface area contributed by atoms with Crippen LogP contribution in [0.3, 0.4) is 0 Å². The lowest BCUT2D eigenvalue weighted by Crippen LogP contribution is -2.24. The van der Waals surface area contributed by atoms with Crippen LogP contribution in [-0.2, 0) is 0 Å². The van der Waals surface area contributed by atoms with E-state index < -0.39 is 0 Å². The van der Waals surface area contributed by atoms with Gasteiger partial charge >= 0.3 is 0 Å². The fourth-order valence-corrected chi connectivity index (χ4v) is 3.15. The zero-order valence-electron chi connectivity index (χ0n) is 5.51. The summed E-state index contributed by atoms with van der Waals surface area (Å²) >= 11 is 0. The predicted molar refractivity (Wildman–Crippen MR) is 33.9 cm³/mol. The van der Waals surface area contributed by atoms with E-state index in [1.165, 1.54) is 19.3 Å². The van der Waals surface area contributed by atoms with Gasteiger partial charge in [-0.3, -0.25) is 0 Å². The lowest BCUT2D eigenvalue weighted by Gasteiger charge is -2.33. The maximum Gasteiger partial charge on any atom is 0.0576 e. The van der Waals surface area contributed by atoms with E-state index in [0.717, 1.165) is 23.7 Å². The van der Waals surface area contributed by atoms with Crippen LogP contribution in [0.15, 0.2) is 0 Å². The summed E-state index contributed by atoms with van der Waals surface area (Å²) in [7, 11) is 0. The van der Waals surface area contributed by atoms with E-state index in [-0.39, 0.29) is 6.10 Å². The van der Waals surface area contributed by atoms with Crippen LogP contribution < -0.4 is 0 Å². The maximum atomic E-state index is 9.41. The Labute approximate surface area is 55.1 Å². The molecule has 0 aromatic carbocycles. The summed E-state index contributed by atoms with van der Waals surface area (Å²) in [6.45, 7) is 0. The van der Waals surface area contributed by atoms with E-state index in [4.69, 9.17) is 0 Å². The second kappa shape index (κ2) is 1.07. The Morgan fingerprint density at radius 3 is 2.56 bits per heavy atom. The van der Waals surface area contributed by atoms with Crippen molar-refractivity contribution in [3.05, 3.63) is 0 Å². The smallest absolute Gasteiger partial charge is 0.0576 e. The number of aliphatic hydroxyl groups excluding tert-OH is 1. The molecule has 0 aliphatic heterocycles. The average molecular weight is 124 g/mol. The highest BCUT2D eigenvalue weighted by atomic mass is 16.3. The van der Waals surface area contributed by atoms with Crippen molar-refractivity contribution in [2.24, 2.45) is 17.3 Å². The molecule has 50 valence electrons. The Bertz CT molecular complexity index is 162. The molecule has 0 saturated heterocycles. The van der Waals surface area contributed by atoms with Gasteiger partial charge in [0.25, 0.3) is 0 Å². The molecule has 0 radical (unpaired) electrons. The van der Waals surface area contributed by atoms with Crippen molar-refractivity contribution in [1.29, 1.82) is 0 Å². The third-order valence-corrected chi connectivity index (χ3v) is 3.94. The molecule has 0 aromatic rings. The van der Waals surface area contributed by atoms with Crippen LogP contribution in [0.1, 0.15) is 25.7 Å². The lowest BCUT2D eigenvalue weighted by atomic mass is 9.71. The topological polar surface area (TPSA) is 20.2 Å². The molecule has 3 aliphatic carbocycles. The van der Waals surface area contributed by atoms with E-state index in [0.29, 0.717) is 0 Å². The van der Waals surface area contributed by atoms with Gasteiger partial charge in [-0.1, -0.05) is 0 Å². The molecule has 1 heteroatoms. The number of hydrogen-bond acceptors (Lipinski definition) is 1. The fourth-order valence-electron chi connectivity index (χ4n) is 3.15. The second-order valence-corrected chi connectivity index (χ2v) is 4.08. The minimum absolute atomic E-state index is 0.0949. The molecule has 4 atom stereocenters. The van der Waals surface area contributed by atoms with Crippen LogP contribution >= 0.6 is 0 Å². The first-order chi connectivity index (χ1) is 4.33. The molecule has 0 aromatic heterocycles. The lowest BCUT2D eigenvalue weighted by molar-refractivity contribution is 0.137. The normalized spacial score (nSPS) is 68.3. The van der Waals surface area contributed by atoms with Crippen LogP contribution in [0.4, 0.5) is 0 Å². The van der Waals surface area contributed by atoms with Crippen LogP contribution in [0.5, 0.6) is 0 Å². The Morgan fingerprint density at radius 2 is 2.33 bits per heavy atom. The predicted octanol–water partition coefficient (Wildman–Crippen LogP) is 1.17. The van der Waals surface area contributed by atoms with E-state index in [2.05, 4.69) is 0 Å². The largest absolute Gasteiger partial charge is 0.393 e. The van der Waals surface area contributed by atoms with Gasteiger partial charge < -0.3 is 5.11 Å². The molecular weight excluding hydrogens is 112 g/mol. The first kappa shape index (κ1) is 4.73. The van der Waals surface area contributed by atoms with E-state index in [1.54, 1.807) is 0 Å². The number of rotatable bonds is 0. The Hall–Kier alpha value is -0.0400. The molecule has 3 fully saturated rings. The Balaban J connectivity index is 1.97. The van der Waals surface area contributed by atoms with Gasteiger partial charge in [0.15, 0.2) is 0 Å². The highest BCUT2D eigenvalue weighted by Gasteiger charge is 2.70. The van der Waals surface area contributed by atoms with Crippen LogP contribution in [-0.4, -0.2) is 11.2 Å². The molecule has 0 bridgehead atoms. The van der Waals surface area contributed by atoms with Gasteiger partial charge in [-0.15, -0.1) is 0 Å². The zero-order chi connectivity index (χ0) is 6.06. The SMILES string of the molecule is OC1CC2CCC23CC13. The first-order valence-electron chi connectivity index (χ1n) is 4.01. The van der Waals surface area contributed by atoms with Gasteiger partial charge in [-0.05, 0) is 42.9 Å². The molecule has 0 amide bonds. The zero-order valence-corrected chi connectivity index (χ0v) is 5.51. The monoisotopic (exact) mass is 124 g/mol. The van der Waals surface area contributed by atoms with Crippen LogP contribution in [0, 0.1) is 17.3 Å². The van der Waals surface area contributed by atoms with Crippen molar-refractivity contribution >= 4 is 0 Å². The highest BCUT2D eigenvalue weighted by Crippen LogP contribution is 2.75. The minimum Gasteiger partial charge on any atom is -0.393 e. The van der Waals surface area contributed by atoms with E-state index in [9.17, 15) is 5.11 Å². The molecule has 1 N–H and O–H groups in total. The molecule has 3 rings (SSSR count). The Kier molecular flexibility index (Phi) is 0.563. The minimum atomic E-state index is 0.0949. The van der Waals surface area contributed by atoms with Gasteiger partial charge in [0.05, 0.1) is 6.10 Å². The summed E-state index contributed by atoms with van der Waals surface area (Å²) in [6, 6.07) is 0. The molecule has 9 heavy (non-hydrogen) atoms. The van der Waals surface area contributed by atoms with Gasteiger partial charge in [-0.2, -0.15) is 0 Å². The molecule has 3 aliphatic rings. The van der Waals surface area contributed by atoms with E-state index >= 15 is 0 Å². The van der Waals surface area contributed by atoms with Gasteiger partial charge in [0, 0.05) is 0 Å². The van der Waals surface area contributed by atoms with Gasteiger partial charge in [0.1, 0.15) is 0 Å². The Morgan fingerprint density at radius 1 is 1.44 bits per heavy atom. The molecule has 1 spiro atoms. The standard InChI is InChI=1S/C8H12O/c9-7-3-5-1-2-8(5)4-6(7)8/h5-7,9H,1-4H2. The van der Waals surface area contributed by atoms with Crippen LogP contribution in [0.2, 0.25) is 0 Å². The third kappa shape index (κ3) is 0.337. The second-order valence-electron chi connectivity index (χ2n) is 4.08. The first-order valence-corrected chi connectivity index (χ1v) is 4.01. The summed E-state index contributed by atoms with van der Waals surface area (Å²) in [5, 5.41) is 9.41. The van der Waals surface area contributed by atoms with Crippen LogP contribution in [0.25, 0.3) is 0 Å². The maximum absolute atomic E-state index is 9.41. The summed E-state index contributed by atoms with van der Waals surface area (Å²) in [4.78, 5) is 0.